The Bertz CT molecular complexity index is 1220. The second kappa shape index (κ2) is 8.38. The Balaban J connectivity index is 1.30. The molecule has 218 valence electrons. The lowest BCUT2D eigenvalue weighted by Crippen LogP contribution is -2.80. The Labute approximate surface area is 231 Å². The second-order valence-electron chi connectivity index (χ2n) is 13.2. The molecular weight excluding hydrogens is 524 g/mol. The molecule has 11 atom stereocenters. The number of esters is 3. The first-order valence-electron chi connectivity index (χ1n) is 14.3. The summed E-state index contributed by atoms with van der Waals surface area (Å²) in [6.07, 6.45) is 2.09. The Hall–Kier alpha value is -2.31. The van der Waals surface area contributed by atoms with Crippen molar-refractivity contribution in [2.24, 2.45) is 16.7 Å². The topological polar surface area (TPSA) is 158 Å². The lowest BCUT2D eigenvalue weighted by atomic mass is 9.40. The summed E-state index contributed by atoms with van der Waals surface area (Å²) in [4.78, 5) is 38.8. The van der Waals surface area contributed by atoms with Crippen LogP contribution in [0.3, 0.4) is 0 Å². The van der Waals surface area contributed by atoms with Crippen molar-refractivity contribution >= 4 is 17.9 Å². The van der Waals surface area contributed by atoms with Gasteiger partial charge in [0.1, 0.15) is 23.9 Å². The van der Waals surface area contributed by atoms with Gasteiger partial charge >= 0.3 is 17.9 Å². The molecule has 0 aromatic heterocycles. The molecule has 8 bridgehead atoms. The molecule has 5 aliphatic heterocycles. The van der Waals surface area contributed by atoms with Crippen molar-refractivity contribution in [1.82, 2.24) is 0 Å². The standard InChI is InChI=1S/C29H36O11/c1-25(34)8-9-27-14-36-20(31)11-15-6-10-37-28(21(32)24(33)40-22(15)28)7-4-3-5-19(30)38-17-12-18-29(35,26(17,27)2)13-16(25)23(27)39-18/h3,5,11,16-18,21-23,32,34-35H,4,6-10,12-14H2,1-2H3/b5-3-,15-11?/t16-,17+,18+,21-,22+,23?,25-,26?,27+,28-,29?/m0/s1. The van der Waals surface area contributed by atoms with Crippen LogP contribution in [0.5, 0.6) is 0 Å². The number of hydrogen-bond donors (Lipinski definition) is 3. The molecule has 4 saturated heterocycles. The number of carbonyl (C=O) groups excluding carboxylic acids is 3. The van der Waals surface area contributed by atoms with Gasteiger partial charge in [0, 0.05) is 35.3 Å². The number of hydrogen-bond acceptors (Lipinski definition) is 11. The second-order valence-corrected chi connectivity index (χ2v) is 13.2. The van der Waals surface area contributed by atoms with Crippen LogP contribution >= 0.6 is 0 Å². The Morgan fingerprint density at radius 1 is 1.00 bits per heavy atom. The van der Waals surface area contributed by atoms with E-state index in [-0.39, 0.29) is 32.0 Å². The number of aliphatic hydroxyl groups is 3. The molecule has 0 amide bonds. The molecule has 7 fully saturated rings. The molecular formula is C29H36O11. The zero-order valence-corrected chi connectivity index (χ0v) is 22.7. The summed E-state index contributed by atoms with van der Waals surface area (Å²) >= 11 is 0. The molecule has 5 heterocycles. The first-order chi connectivity index (χ1) is 18.9. The zero-order chi connectivity index (χ0) is 28.3. The van der Waals surface area contributed by atoms with Crippen molar-refractivity contribution in [3.8, 4) is 0 Å². The molecule has 3 saturated carbocycles. The van der Waals surface area contributed by atoms with E-state index in [1.54, 1.807) is 13.0 Å². The molecule has 0 aromatic carbocycles. The van der Waals surface area contributed by atoms with E-state index in [9.17, 15) is 29.7 Å². The number of cyclic esters (lactones) is 1. The minimum atomic E-state index is -1.54. The first kappa shape index (κ1) is 26.6. The van der Waals surface area contributed by atoms with Gasteiger partial charge in [-0.25, -0.2) is 14.4 Å². The van der Waals surface area contributed by atoms with Crippen molar-refractivity contribution in [2.45, 2.75) is 106 Å². The summed E-state index contributed by atoms with van der Waals surface area (Å²) in [6.45, 7) is 3.71. The lowest BCUT2D eigenvalue weighted by molar-refractivity contribution is -0.377. The molecule has 8 rings (SSSR count). The van der Waals surface area contributed by atoms with Gasteiger partial charge in [-0.2, -0.15) is 0 Å². The summed E-state index contributed by atoms with van der Waals surface area (Å²) < 4.78 is 29.8. The van der Waals surface area contributed by atoms with Gasteiger partial charge in [0.05, 0.1) is 24.4 Å². The van der Waals surface area contributed by atoms with Gasteiger partial charge < -0.3 is 39.0 Å². The molecule has 3 N–H and O–H groups in total. The molecule has 40 heavy (non-hydrogen) atoms. The van der Waals surface area contributed by atoms with Crippen LogP contribution in [0.1, 0.15) is 58.8 Å². The average Bonchev–Trinajstić information content (AvgIpc) is 3.24. The van der Waals surface area contributed by atoms with Crippen molar-refractivity contribution in [3.63, 3.8) is 0 Å². The average molecular weight is 561 g/mol. The highest BCUT2D eigenvalue weighted by molar-refractivity contribution is 5.85. The third-order valence-corrected chi connectivity index (χ3v) is 11.6. The van der Waals surface area contributed by atoms with Gasteiger partial charge in [-0.1, -0.05) is 13.0 Å². The van der Waals surface area contributed by atoms with Crippen LogP contribution in [0, 0.1) is 16.7 Å². The summed E-state index contributed by atoms with van der Waals surface area (Å²) in [5, 5.41) is 34.2. The summed E-state index contributed by atoms with van der Waals surface area (Å²) in [5.41, 5.74) is -5.27. The maximum atomic E-state index is 13.3. The van der Waals surface area contributed by atoms with Crippen LogP contribution in [-0.2, 0) is 38.1 Å². The number of ether oxygens (including phenoxy) is 5. The fraction of sp³-hybridized carbons (Fsp3) is 0.759. The van der Waals surface area contributed by atoms with Crippen molar-refractivity contribution < 1.29 is 53.4 Å². The Kier molecular flexibility index (Phi) is 5.57. The fourth-order valence-corrected chi connectivity index (χ4v) is 9.31. The maximum absolute atomic E-state index is 13.3. The first-order valence-corrected chi connectivity index (χ1v) is 14.3. The minimum Gasteiger partial charge on any atom is -0.462 e. The third kappa shape index (κ3) is 3.15. The number of carbonyl (C=O) groups is 3. The quantitative estimate of drug-likeness (QED) is 0.282. The van der Waals surface area contributed by atoms with Crippen LogP contribution in [-0.4, -0.2) is 93.8 Å². The normalized spacial score (nSPS) is 54.1. The van der Waals surface area contributed by atoms with Gasteiger partial charge in [-0.15, -0.1) is 0 Å². The number of allylic oxidation sites excluding steroid dienone is 1. The summed E-state index contributed by atoms with van der Waals surface area (Å²) in [7, 11) is 0. The molecule has 0 aromatic rings. The monoisotopic (exact) mass is 560 g/mol. The van der Waals surface area contributed by atoms with Crippen LogP contribution in [0.15, 0.2) is 23.8 Å². The van der Waals surface area contributed by atoms with Crippen molar-refractivity contribution in [2.75, 3.05) is 13.2 Å². The van der Waals surface area contributed by atoms with E-state index in [1.807, 2.05) is 6.92 Å². The summed E-state index contributed by atoms with van der Waals surface area (Å²) in [6, 6.07) is 0. The van der Waals surface area contributed by atoms with Gasteiger partial charge in [0.15, 0.2) is 12.2 Å². The van der Waals surface area contributed by atoms with E-state index in [1.165, 1.54) is 12.2 Å². The highest BCUT2D eigenvalue weighted by Crippen LogP contribution is 2.74. The van der Waals surface area contributed by atoms with Crippen LogP contribution in [0.4, 0.5) is 0 Å². The molecule has 1 spiro atoms. The van der Waals surface area contributed by atoms with E-state index in [0.717, 1.165) is 0 Å². The maximum Gasteiger partial charge on any atom is 0.338 e. The SMILES string of the molecule is CC12[C@H]3C[C@H]4OC5[C@H](CC41O)[C@@](C)(O)CC[C@@]52COC(=O)C=C1CCO[C@]2(CC/C=C\C(=O)O3)[C@@H]1OC(=O)[C@@H]2O. The highest BCUT2D eigenvalue weighted by Gasteiger charge is 2.83. The van der Waals surface area contributed by atoms with Gasteiger partial charge in [-0.3, -0.25) is 0 Å². The van der Waals surface area contributed by atoms with Gasteiger partial charge in [-0.05, 0) is 51.0 Å². The van der Waals surface area contributed by atoms with Crippen LogP contribution < -0.4 is 0 Å². The van der Waals surface area contributed by atoms with Gasteiger partial charge in [0.2, 0.25) is 0 Å². The highest BCUT2D eigenvalue weighted by atomic mass is 16.6. The molecule has 11 heteroatoms. The van der Waals surface area contributed by atoms with E-state index in [2.05, 4.69) is 0 Å². The fourth-order valence-electron chi connectivity index (χ4n) is 9.31. The molecule has 8 aliphatic rings. The molecule has 11 nitrogen and oxygen atoms in total. The summed E-state index contributed by atoms with van der Waals surface area (Å²) in [5.74, 6) is -2.46. The smallest absolute Gasteiger partial charge is 0.338 e. The molecule has 0 radical (unpaired) electrons. The third-order valence-electron chi connectivity index (χ3n) is 11.6. The number of aliphatic hydroxyl groups excluding tert-OH is 1. The predicted molar refractivity (Wildman–Crippen MR) is 133 cm³/mol. The van der Waals surface area contributed by atoms with Gasteiger partial charge in [0.25, 0.3) is 0 Å². The molecule has 3 unspecified atom stereocenters. The van der Waals surface area contributed by atoms with E-state index < -0.39 is 76.1 Å². The predicted octanol–water partition coefficient (Wildman–Crippen LogP) is 0.623. The van der Waals surface area contributed by atoms with Crippen LogP contribution in [0.2, 0.25) is 0 Å². The van der Waals surface area contributed by atoms with Crippen LogP contribution in [0.25, 0.3) is 0 Å². The van der Waals surface area contributed by atoms with Crippen molar-refractivity contribution in [1.29, 1.82) is 0 Å². The van der Waals surface area contributed by atoms with E-state index in [0.29, 0.717) is 37.7 Å². The van der Waals surface area contributed by atoms with E-state index >= 15 is 0 Å². The largest absolute Gasteiger partial charge is 0.462 e. The number of rotatable bonds is 0. The Morgan fingerprint density at radius 2 is 1.80 bits per heavy atom. The minimum absolute atomic E-state index is 0.114. The lowest BCUT2D eigenvalue weighted by Gasteiger charge is -2.71. The van der Waals surface area contributed by atoms with Crippen molar-refractivity contribution in [3.05, 3.63) is 23.8 Å². The van der Waals surface area contributed by atoms with E-state index in [4.69, 9.17) is 23.7 Å². The Morgan fingerprint density at radius 3 is 2.60 bits per heavy atom. The zero-order valence-electron chi connectivity index (χ0n) is 22.7. The molecule has 3 aliphatic carbocycles.